The van der Waals surface area contributed by atoms with Crippen molar-refractivity contribution in [3.63, 3.8) is 0 Å². The fourth-order valence-corrected chi connectivity index (χ4v) is 2.88. The molecule has 0 radical (unpaired) electrons. The molecule has 1 N–H and O–H groups in total. The smallest absolute Gasteiger partial charge is 0.211 e. The van der Waals surface area contributed by atoms with Crippen molar-refractivity contribution in [2.24, 2.45) is 0 Å². The van der Waals surface area contributed by atoms with E-state index >= 15 is 0 Å². The Kier molecular flexibility index (Phi) is 7.13. The van der Waals surface area contributed by atoms with Crippen LogP contribution in [0.1, 0.15) is 34.1 Å². The van der Waals surface area contributed by atoms with E-state index in [0.29, 0.717) is 6.42 Å². The summed E-state index contributed by atoms with van der Waals surface area (Å²) in [4.78, 5) is 2.21. The topological polar surface area (TPSA) is 49.4 Å². The highest BCUT2D eigenvalue weighted by Gasteiger charge is 2.14. The molecule has 0 spiro atoms. The third-order valence-electron chi connectivity index (χ3n) is 2.28. The summed E-state index contributed by atoms with van der Waals surface area (Å²) in [6, 6.07) is -0.0125. The van der Waals surface area contributed by atoms with Gasteiger partial charge in [-0.3, -0.25) is 0 Å². The summed E-state index contributed by atoms with van der Waals surface area (Å²) < 4.78 is 25.6. The second kappa shape index (κ2) is 7.19. The molecular weight excluding hydrogens is 212 g/mol. The lowest BCUT2D eigenvalue weighted by Gasteiger charge is -2.23. The molecule has 0 aromatic heterocycles. The van der Waals surface area contributed by atoms with E-state index < -0.39 is 10.0 Å². The summed E-state index contributed by atoms with van der Waals surface area (Å²) in [5.41, 5.74) is 0. The number of hydrogen-bond acceptors (Lipinski definition) is 3. The Morgan fingerprint density at radius 2 is 1.73 bits per heavy atom. The molecule has 0 saturated heterocycles. The van der Waals surface area contributed by atoms with Crippen LogP contribution in [0.25, 0.3) is 0 Å². The van der Waals surface area contributed by atoms with Gasteiger partial charge in [0.05, 0.1) is 5.75 Å². The van der Waals surface area contributed by atoms with E-state index in [-0.39, 0.29) is 11.8 Å². The highest BCUT2D eigenvalue weighted by Crippen LogP contribution is 1.96. The highest BCUT2D eigenvalue weighted by molar-refractivity contribution is 7.89. The van der Waals surface area contributed by atoms with Crippen LogP contribution in [-0.2, 0) is 10.0 Å². The zero-order chi connectivity index (χ0) is 11.9. The molecule has 0 bridgehead atoms. The second-order valence-corrected chi connectivity index (χ2v) is 5.70. The van der Waals surface area contributed by atoms with Crippen LogP contribution in [0, 0.1) is 0 Å². The summed E-state index contributed by atoms with van der Waals surface area (Å²) >= 11 is 0. The van der Waals surface area contributed by atoms with Gasteiger partial charge >= 0.3 is 0 Å². The van der Waals surface area contributed by atoms with E-state index in [2.05, 4.69) is 23.5 Å². The van der Waals surface area contributed by atoms with Crippen LogP contribution >= 0.6 is 0 Å². The summed E-state index contributed by atoms with van der Waals surface area (Å²) in [6.07, 6.45) is 0.660. The van der Waals surface area contributed by atoms with Crippen molar-refractivity contribution in [1.82, 2.24) is 9.62 Å². The van der Waals surface area contributed by atoms with Crippen molar-refractivity contribution in [2.75, 3.05) is 25.4 Å². The lowest BCUT2D eigenvalue weighted by molar-refractivity contribution is 0.282. The molecule has 15 heavy (non-hydrogen) atoms. The minimum atomic E-state index is -3.07. The molecule has 0 saturated carbocycles. The van der Waals surface area contributed by atoms with Crippen LogP contribution < -0.4 is 4.72 Å². The zero-order valence-electron chi connectivity index (χ0n) is 10.3. The zero-order valence-corrected chi connectivity index (χ0v) is 11.1. The van der Waals surface area contributed by atoms with Crippen LogP contribution in [0.2, 0.25) is 0 Å². The van der Waals surface area contributed by atoms with Crippen molar-refractivity contribution in [3.8, 4) is 0 Å². The standard InChI is InChI=1S/C10H24N2O2S/c1-5-8-15(13,14)11-10(4)9-12(6-2)7-3/h10-11H,5-9H2,1-4H3. The largest absolute Gasteiger partial charge is 0.302 e. The van der Waals surface area contributed by atoms with Crippen molar-refractivity contribution in [3.05, 3.63) is 0 Å². The number of rotatable bonds is 8. The molecule has 1 atom stereocenters. The molecule has 5 heteroatoms. The normalized spacial score (nSPS) is 14.5. The molecule has 0 aliphatic carbocycles. The second-order valence-electron chi connectivity index (χ2n) is 3.82. The molecule has 0 heterocycles. The predicted molar refractivity (Wildman–Crippen MR) is 64.5 cm³/mol. The summed E-state index contributed by atoms with van der Waals surface area (Å²) in [7, 11) is -3.07. The Hall–Kier alpha value is -0.130. The van der Waals surface area contributed by atoms with Crippen molar-refractivity contribution in [2.45, 2.75) is 40.2 Å². The van der Waals surface area contributed by atoms with E-state index in [4.69, 9.17) is 0 Å². The molecular formula is C10H24N2O2S. The molecule has 0 fully saturated rings. The first kappa shape index (κ1) is 14.9. The van der Waals surface area contributed by atoms with Crippen molar-refractivity contribution < 1.29 is 8.42 Å². The number of sulfonamides is 1. The monoisotopic (exact) mass is 236 g/mol. The first-order valence-corrected chi connectivity index (χ1v) is 7.32. The average molecular weight is 236 g/mol. The maximum absolute atomic E-state index is 11.5. The Morgan fingerprint density at radius 3 is 2.13 bits per heavy atom. The van der Waals surface area contributed by atoms with Crippen LogP contribution in [0.5, 0.6) is 0 Å². The van der Waals surface area contributed by atoms with E-state index in [1.54, 1.807) is 0 Å². The van der Waals surface area contributed by atoms with Gasteiger partial charge in [0.15, 0.2) is 0 Å². The molecule has 4 nitrogen and oxygen atoms in total. The summed E-state index contributed by atoms with van der Waals surface area (Å²) in [6.45, 7) is 10.6. The summed E-state index contributed by atoms with van der Waals surface area (Å²) in [5.74, 6) is 0.218. The first-order valence-electron chi connectivity index (χ1n) is 5.67. The van der Waals surface area contributed by atoms with Crippen LogP contribution in [-0.4, -0.2) is 44.7 Å². The van der Waals surface area contributed by atoms with Gasteiger partial charge in [0, 0.05) is 12.6 Å². The molecule has 0 aromatic rings. The van der Waals surface area contributed by atoms with Gasteiger partial charge in [0.25, 0.3) is 0 Å². The van der Waals surface area contributed by atoms with Gasteiger partial charge in [-0.25, -0.2) is 13.1 Å². The van der Waals surface area contributed by atoms with Gasteiger partial charge in [0.1, 0.15) is 0 Å². The highest BCUT2D eigenvalue weighted by atomic mass is 32.2. The summed E-state index contributed by atoms with van der Waals surface area (Å²) in [5, 5.41) is 0. The Bertz CT molecular complexity index is 248. The Labute approximate surface area is 94.1 Å². The minimum Gasteiger partial charge on any atom is -0.302 e. The van der Waals surface area contributed by atoms with Crippen LogP contribution in [0.4, 0.5) is 0 Å². The lowest BCUT2D eigenvalue weighted by Crippen LogP contribution is -2.42. The third kappa shape index (κ3) is 6.87. The van der Waals surface area contributed by atoms with Crippen LogP contribution in [0.3, 0.4) is 0 Å². The predicted octanol–water partition coefficient (Wildman–Crippen LogP) is 1.05. The Morgan fingerprint density at radius 1 is 1.20 bits per heavy atom. The maximum atomic E-state index is 11.5. The third-order valence-corrected chi connectivity index (χ3v) is 3.99. The van der Waals surface area contributed by atoms with Gasteiger partial charge in [-0.2, -0.15) is 0 Å². The quantitative estimate of drug-likeness (QED) is 0.685. The average Bonchev–Trinajstić information content (AvgIpc) is 2.13. The van der Waals surface area contributed by atoms with Crippen LogP contribution in [0.15, 0.2) is 0 Å². The number of likely N-dealkylation sites (N-methyl/N-ethyl adjacent to an activating group) is 1. The van der Waals surface area contributed by atoms with E-state index in [0.717, 1.165) is 19.6 Å². The molecule has 0 aliphatic rings. The van der Waals surface area contributed by atoms with E-state index in [1.165, 1.54) is 0 Å². The van der Waals surface area contributed by atoms with Crippen molar-refractivity contribution in [1.29, 1.82) is 0 Å². The Balaban J connectivity index is 4.07. The number of nitrogens with one attached hydrogen (secondary N) is 1. The number of hydrogen-bond donors (Lipinski definition) is 1. The molecule has 0 amide bonds. The van der Waals surface area contributed by atoms with Gasteiger partial charge < -0.3 is 4.90 Å². The molecule has 92 valence electrons. The maximum Gasteiger partial charge on any atom is 0.211 e. The fourth-order valence-electron chi connectivity index (χ4n) is 1.54. The van der Waals surface area contributed by atoms with Gasteiger partial charge in [0.2, 0.25) is 10.0 Å². The van der Waals surface area contributed by atoms with Gasteiger partial charge in [-0.1, -0.05) is 20.8 Å². The van der Waals surface area contributed by atoms with Crippen molar-refractivity contribution >= 4 is 10.0 Å². The molecule has 0 aliphatic heterocycles. The van der Waals surface area contributed by atoms with E-state index in [1.807, 2.05) is 13.8 Å². The fraction of sp³-hybridized carbons (Fsp3) is 1.00. The molecule has 1 unspecified atom stereocenters. The first-order chi connectivity index (χ1) is 6.95. The molecule has 0 rings (SSSR count). The minimum absolute atomic E-state index is 0.0125. The van der Waals surface area contributed by atoms with Gasteiger partial charge in [-0.15, -0.1) is 0 Å². The molecule has 0 aromatic carbocycles. The number of nitrogens with zero attached hydrogens (tertiary/aromatic N) is 1. The lowest BCUT2D eigenvalue weighted by atomic mass is 10.3. The SMILES string of the molecule is CCCS(=O)(=O)NC(C)CN(CC)CC. The van der Waals surface area contributed by atoms with E-state index in [9.17, 15) is 8.42 Å². The van der Waals surface area contributed by atoms with Gasteiger partial charge in [-0.05, 0) is 26.4 Å².